The first-order chi connectivity index (χ1) is 10.6. The molecule has 0 atom stereocenters. The molecule has 0 aliphatic rings. The van der Waals surface area contributed by atoms with Crippen LogP contribution in [-0.2, 0) is 4.79 Å². The second-order valence-electron chi connectivity index (χ2n) is 4.77. The molecule has 5 heteroatoms. The summed E-state index contributed by atoms with van der Waals surface area (Å²) >= 11 is 0. The Labute approximate surface area is 129 Å². The zero-order valence-corrected chi connectivity index (χ0v) is 12.5. The van der Waals surface area contributed by atoms with Gasteiger partial charge in [0.2, 0.25) is 5.91 Å². The summed E-state index contributed by atoms with van der Waals surface area (Å²) in [6.45, 7) is 3.24. The van der Waals surface area contributed by atoms with Crippen LogP contribution in [-0.4, -0.2) is 17.5 Å². The first-order valence-electron chi connectivity index (χ1n) is 6.84. The highest BCUT2D eigenvalue weighted by atomic mass is 16.2. The highest BCUT2D eigenvalue weighted by molar-refractivity contribution is 6.02. The predicted molar refractivity (Wildman–Crippen MR) is 86.9 cm³/mol. The molecule has 112 valence electrons. The van der Waals surface area contributed by atoms with Gasteiger partial charge >= 0.3 is 0 Å². The zero-order valence-electron chi connectivity index (χ0n) is 12.5. The minimum Gasteiger partial charge on any atom is -0.326 e. The van der Waals surface area contributed by atoms with Crippen LogP contribution in [0.25, 0.3) is 0 Å². The molecular formula is C17H17N3O2. The van der Waals surface area contributed by atoms with Crippen LogP contribution >= 0.6 is 0 Å². The van der Waals surface area contributed by atoms with E-state index >= 15 is 0 Å². The maximum Gasteiger partial charge on any atom is 0.271 e. The average Bonchev–Trinajstić information content (AvgIpc) is 2.52. The molecule has 22 heavy (non-hydrogen) atoms. The number of carbonyl (C=O) groups is 2. The highest BCUT2D eigenvalue weighted by Gasteiger charge is 2.04. The Hall–Kier alpha value is -2.95. The van der Waals surface area contributed by atoms with Gasteiger partial charge in [-0.25, -0.2) is 5.43 Å². The Morgan fingerprint density at radius 3 is 2.27 bits per heavy atom. The van der Waals surface area contributed by atoms with Crippen LogP contribution in [0.15, 0.2) is 59.7 Å². The lowest BCUT2D eigenvalue weighted by Crippen LogP contribution is -2.19. The Morgan fingerprint density at radius 1 is 0.909 bits per heavy atom. The van der Waals surface area contributed by atoms with Crippen molar-refractivity contribution in [3.05, 3.63) is 65.7 Å². The summed E-state index contributed by atoms with van der Waals surface area (Å²) in [5.41, 5.74) is 5.22. The lowest BCUT2D eigenvalue weighted by atomic mass is 10.1. The van der Waals surface area contributed by atoms with E-state index in [9.17, 15) is 9.59 Å². The van der Waals surface area contributed by atoms with Gasteiger partial charge in [-0.1, -0.05) is 30.3 Å². The summed E-state index contributed by atoms with van der Waals surface area (Å²) in [6, 6.07) is 16.1. The van der Waals surface area contributed by atoms with E-state index in [1.807, 2.05) is 18.2 Å². The van der Waals surface area contributed by atoms with Crippen molar-refractivity contribution >= 4 is 23.2 Å². The van der Waals surface area contributed by atoms with Crippen molar-refractivity contribution in [2.75, 3.05) is 5.32 Å². The van der Waals surface area contributed by atoms with E-state index in [0.29, 0.717) is 17.0 Å². The van der Waals surface area contributed by atoms with Crippen molar-refractivity contribution in [2.24, 2.45) is 5.10 Å². The number of nitrogens with zero attached hydrogens (tertiary/aromatic N) is 1. The zero-order chi connectivity index (χ0) is 15.9. The van der Waals surface area contributed by atoms with Gasteiger partial charge in [-0.3, -0.25) is 9.59 Å². The molecule has 2 N–H and O–H groups in total. The van der Waals surface area contributed by atoms with Gasteiger partial charge in [0.15, 0.2) is 0 Å². The normalized spacial score (nSPS) is 10.9. The number of benzene rings is 2. The molecule has 0 heterocycles. The van der Waals surface area contributed by atoms with Crippen molar-refractivity contribution in [1.82, 2.24) is 5.43 Å². The summed E-state index contributed by atoms with van der Waals surface area (Å²) in [7, 11) is 0. The molecule has 0 unspecified atom stereocenters. The van der Waals surface area contributed by atoms with E-state index in [1.165, 1.54) is 6.92 Å². The molecule has 0 fully saturated rings. The molecule has 0 bridgehead atoms. The second-order valence-corrected chi connectivity index (χ2v) is 4.77. The first kappa shape index (κ1) is 15.4. The lowest BCUT2D eigenvalue weighted by Gasteiger charge is -2.06. The molecule has 5 nitrogen and oxygen atoms in total. The predicted octanol–water partition coefficient (Wildman–Crippen LogP) is 2.80. The molecule has 0 aliphatic heterocycles. The summed E-state index contributed by atoms with van der Waals surface area (Å²) in [5.74, 6) is -0.401. The number of hydrogen-bond donors (Lipinski definition) is 2. The van der Waals surface area contributed by atoms with E-state index in [4.69, 9.17) is 0 Å². The summed E-state index contributed by atoms with van der Waals surface area (Å²) in [4.78, 5) is 23.0. The van der Waals surface area contributed by atoms with Gasteiger partial charge < -0.3 is 5.32 Å². The van der Waals surface area contributed by atoms with Crippen molar-refractivity contribution in [3.63, 3.8) is 0 Å². The molecule has 0 saturated heterocycles. The van der Waals surface area contributed by atoms with Gasteiger partial charge in [0.1, 0.15) is 0 Å². The molecule has 2 amide bonds. The van der Waals surface area contributed by atoms with E-state index in [2.05, 4.69) is 15.8 Å². The fourth-order valence-corrected chi connectivity index (χ4v) is 1.88. The molecule has 0 radical (unpaired) electrons. The smallest absolute Gasteiger partial charge is 0.271 e. The standard InChI is InChI=1S/C17H17N3O2/c1-12(15-9-6-10-16(11-15)18-13(2)21)19-20-17(22)14-7-4-3-5-8-14/h3-11H,1-2H3,(H,18,21)(H,20,22)/b19-12+. The van der Waals surface area contributed by atoms with Crippen molar-refractivity contribution in [3.8, 4) is 0 Å². The number of anilines is 1. The van der Waals surface area contributed by atoms with Gasteiger partial charge in [-0.2, -0.15) is 5.10 Å². The minimum atomic E-state index is -0.266. The monoisotopic (exact) mass is 295 g/mol. The number of hydrazone groups is 1. The Balaban J connectivity index is 2.09. The summed E-state index contributed by atoms with van der Waals surface area (Å²) in [6.07, 6.45) is 0. The molecule has 0 aliphatic carbocycles. The van der Waals surface area contributed by atoms with Crippen LogP contribution in [0.2, 0.25) is 0 Å². The van der Waals surface area contributed by atoms with Crippen LogP contribution in [0.5, 0.6) is 0 Å². The third-order valence-corrected chi connectivity index (χ3v) is 2.96. The van der Waals surface area contributed by atoms with Crippen LogP contribution < -0.4 is 10.7 Å². The molecule has 2 aromatic rings. The van der Waals surface area contributed by atoms with E-state index < -0.39 is 0 Å². The number of rotatable bonds is 4. The molecule has 2 aromatic carbocycles. The average molecular weight is 295 g/mol. The van der Waals surface area contributed by atoms with E-state index in [-0.39, 0.29) is 11.8 Å². The van der Waals surface area contributed by atoms with Crippen LogP contribution in [0, 0.1) is 0 Å². The first-order valence-corrected chi connectivity index (χ1v) is 6.84. The number of nitrogens with one attached hydrogen (secondary N) is 2. The number of hydrogen-bond acceptors (Lipinski definition) is 3. The van der Waals surface area contributed by atoms with Crippen LogP contribution in [0.4, 0.5) is 5.69 Å². The Bertz CT molecular complexity index is 709. The fourth-order valence-electron chi connectivity index (χ4n) is 1.88. The summed E-state index contributed by atoms with van der Waals surface area (Å²) < 4.78 is 0. The Kier molecular flexibility index (Phi) is 5.03. The van der Waals surface area contributed by atoms with Crippen LogP contribution in [0.3, 0.4) is 0 Å². The van der Waals surface area contributed by atoms with Crippen molar-refractivity contribution < 1.29 is 9.59 Å². The molecular weight excluding hydrogens is 278 g/mol. The number of amides is 2. The molecule has 0 saturated carbocycles. The fraction of sp³-hybridized carbons (Fsp3) is 0.118. The lowest BCUT2D eigenvalue weighted by molar-refractivity contribution is -0.114. The van der Waals surface area contributed by atoms with E-state index in [0.717, 1.165) is 5.56 Å². The van der Waals surface area contributed by atoms with Crippen molar-refractivity contribution in [2.45, 2.75) is 13.8 Å². The van der Waals surface area contributed by atoms with Gasteiger partial charge in [0, 0.05) is 18.2 Å². The topological polar surface area (TPSA) is 70.6 Å². The molecule has 0 spiro atoms. The minimum absolute atomic E-state index is 0.135. The molecule has 2 rings (SSSR count). The third kappa shape index (κ3) is 4.28. The van der Waals surface area contributed by atoms with Gasteiger partial charge in [-0.05, 0) is 36.8 Å². The number of carbonyl (C=O) groups excluding carboxylic acids is 2. The van der Waals surface area contributed by atoms with Gasteiger partial charge in [-0.15, -0.1) is 0 Å². The SMILES string of the molecule is CC(=O)Nc1cccc(/C(C)=N/NC(=O)c2ccccc2)c1. The van der Waals surface area contributed by atoms with Gasteiger partial charge in [0.05, 0.1) is 5.71 Å². The molecule has 0 aromatic heterocycles. The largest absolute Gasteiger partial charge is 0.326 e. The van der Waals surface area contributed by atoms with Gasteiger partial charge in [0.25, 0.3) is 5.91 Å². The summed E-state index contributed by atoms with van der Waals surface area (Å²) in [5, 5.41) is 6.80. The quantitative estimate of drug-likeness (QED) is 0.672. The second kappa shape index (κ2) is 7.17. The van der Waals surface area contributed by atoms with E-state index in [1.54, 1.807) is 43.3 Å². The maximum atomic E-state index is 11.9. The maximum absolute atomic E-state index is 11.9. The highest BCUT2D eigenvalue weighted by Crippen LogP contribution is 2.11. The Morgan fingerprint density at radius 2 is 1.59 bits per heavy atom. The van der Waals surface area contributed by atoms with Crippen molar-refractivity contribution in [1.29, 1.82) is 0 Å². The van der Waals surface area contributed by atoms with Crippen LogP contribution in [0.1, 0.15) is 29.8 Å². The third-order valence-electron chi connectivity index (χ3n) is 2.96.